The fourth-order valence-corrected chi connectivity index (χ4v) is 1.90. The summed E-state index contributed by atoms with van der Waals surface area (Å²) < 4.78 is 2.09. The lowest BCUT2D eigenvalue weighted by molar-refractivity contribution is 0.309. The first kappa shape index (κ1) is 14.2. The molecule has 1 N–H and O–H groups in total. The van der Waals surface area contributed by atoms with Gasteiger partial charge in [0, 0.05) is 32.2 Å². The fraction of sp³-hybridized carbons (Fsp3) is 0.769. The van der Waals surface area contributed by atoms with Crippen LogP contribution in [0.2, 0.25) is 0 Å². The molecule has 0 bridgehead atoms. The van der Waals surface area contributed by atoms with E-state index in [1.165, 1.54) is 5.69 Å². The van der Waals surface area contributed by atoms with E-state index in [4.69, 9.17) is 0 Å². The largest absolute Gasteiger partial charge is 0.313 e. The predicted molar refractivity (Wildman–Crippen MR) is 72.1 cm³/mol. The number of likely N-dealkylation sites (N-methyl/N-ethyl adjacent to an activating group) is 1. The standard InChI is InChI=1S/C13H26N4/c1-6-17-13(9-12(4)15-17)10-16(5)8-7-14-11(2)3/h9,11,14H,6-8,10H2,1-5H3. The van der Waals surface area contributed by atoms with E-state index >= 15 is 0 Å². The maximum atomic E-state index is 4.47. The van der Waals surface area contributed by atoms with Crippen LogP contribution >= 0.6 is 0 Å². The van der Waals surface area contributed by atoms with Gasteiger partial charge in [-0.3, -0.25) is 9.58 Å². The molecule has 4 heteroatoms. The highest BCUT2D eigenvalue weighted by Gasteiger charge is 2.07. The smallest absolute Gasteiger partial charge is 0.0597 e. The fourth-order valence-electron chi connectivity index (χ4n) is 1.90. The minimum Gasteiger partial charge on any atom is -0.313 e. The summed E-state index contributed by atoms with van der Waals surface area (Å²) in [5.41, 5.74) is 2.41. The number of nitrogens with one attached hydrogen (secondary N) is 1. The Hall–Kier alpha value is -0.870. The highest BCUT2D eigenvalue weighted by molar-refractivity contribution is 5.08. The van der Waals surface area contributed by atoms with Gasteiger partial charge in [0.05, 0.1) is 11.4 Å². The molecule has 0 saturated carbocycles. The first-order valence-corrected chi connectivity index (χ1v) is 6.48. The monoisotopic (exact) mass is 238 g/mol. The van der Waals surface area contributed by atoms with Gasteiger partial charge in [-0.2, -0.15) is 5.10 Å². The number of hydrogen-bond acceptors (Lipinski definition) is 3. The van der Waals surface area contributed by atoms with Crippen LogP contribution in [-0.4, -0.2) is 40.9 Å². The summed E-state index contributed by atoms with van der Waals surface area (Å²) in [4.78, 5) is 2.33. The predicted octanol–water partition coefficient (Wildman–Crippen LogP) is 1.64. The number of aryl methyl sites for hydroxylation is 2. The lowest BCUT2D eigenvalue weighted by Crippen LogP contribution is -2.33. The van der Waals surface area contributed by atoms with Gasteiger partial charge < -0.3 is 5.32 Å². The molecule has 0 spiro atoms. The minimum absolute atomic E-state index is 0.562. The van der Waals surface area contributed by atoms with Gasteiger partial charge in [-0.05, 0) is 27.0 Å². The summed E-state index contributed by atoms with van der Waals surface area (Å²) in [6.45, 7) is 12.5. The summed E-state index contributed by atoms with van der Waals surface area (Å²) in [5, 5.41) is 7.90. The van der Waals surface area contributed by atoms with Crippen molar-refractivity contribution in [1.82, 2.24) is 20.0 Å². The molecule has 0 atom stereocenters. The van der Waals surface area contributed by atoms with Crippen molar-refractivity contribution in [2.24, 2.45) is 0 Å². The molecule has 17 heavy (non-hydrogen) atoms. The second-order valence-electron chi connectivity index (χ2n) is 4.94. The maximum Gasteiger partial charge on any atom is 0.0597 e. The average Bonchev–Trinajstić information content (AvgIpc) is 2.58. The van der Waals surface area contributed by atoms with Gasteiger partial charge in [0.25, 0.3) is 0 Å². The van der Waals surface area contributed by atoms with Crippen molar-refractivity contribution in [1.29, 1.82) is 0 Å². The summed E-state index contributed by atoms with van der Waals surface area (Å²) >= 11 is 0. The van der Waals surface area contributed by atoms with E-state index in [-0.39, 0.29) is 0 Å². The molecular weight excluding hydrogens is 212 g/mol. The van der Waals surface area contributed by atoms with Crippen LogP contribution in [0.15, 0.2) is 6.07 Å². The van der Waals surface area contributed by atoms with Crippen LogP contribution in [0.3, 0.4) is 0 Å². The van der Waals surface area contributed by atoms with Gasteiger partial charge >= 0.3 is 0 Å². The third-order valence-corrected chi connectivity index (χ3v) is 2.76. The highest BCUT2D eigenvalue weighted by atomic mass is 15.3. The number of hydrogen-bond donors (Lipinski definition) is 1. The molecule has 4 nitrogen and oxygen atoms in total. The molecule has 0 aliphatic heterocycles. The summed E-state index contributed by atoms with van der Waals surface area (Å²) in [6.07, 6.45) is 0. The molecule has 1 aromatic rings. The molecule has 1 rings (SSSR count). The molecule has 0 aliphatic carbocycles. The molecule has 98 valence electrons. The van der Waals surface area contributed by atoms with Gasteiger partial charge in [0.15, 0.2) is 0 Å². The van der Waals surface area contributed by atoms with Crippen molar-refractivity contribution in [2.75, 3.05) is 20.1 Å². The molecule has 1 aromatic heterocycles. The zero-order chi connectivity index (χ0) is 12.8. The lowest BCUT2D eigenvalue weighted by Gasteiger charge is -2.18. The van der Waals surface area contributed by atoms with Crippen molar-refractivity contribution in [3.63, 3.8) is 0 Å². The second kappa shape index (κ2) is 6.77. The van der Waals surface area contributed by atoms with Crippen LogP contribution in [0.25, 0.3) is 0 Å². The Morgan fingerprint density at radius 1 is 1.47 bits per heavy atom. The molecule has 0 aromatic carbocycles. The van der Waals surface area contributed by atoms with E-state index in [9.17, 15) is 0 Å². The molecule has 0 amide bonds. The van der Waals surface area contributed by atoms with Crippen molar-refractivity contribution in [3.8, 4) is 0 Å². The van der Waals surface area contributed by atoms with Gasteiger partial charge in [0.1, 0.15) is 0 Å². The van der Waals surface area contributed by atoms with Crippen LogP contribution in [0.1, 0.15) is 32.2 Å². The first-order valence-electron chi connectivity index (χ1n) is 6.48. The first-order chi connectivity index (χ1) is 8.02. The summed E-state index contributed by atoms with van der Waals surface area (Å²) in [6, 6.07) is 2.74. The Balaban J connectivity index is 2.41. The molecule has 0 aliphatic rings. The van der Waals surface area contributed by atoms with Gasteiger partial charge in [0.2, 0.25) is 0 Å². The number of rotatable bonds is 7. The third-order valence-electron chi connectivity index (χ3n) is 2.76. The minimum atomic E-state index is 0.562. The Morgan fingerprint density at radius 3 is 2.76 bits per heavy atom. The van der Waals surface area contributed by atoms with Gasteiger partial charge in [-0.1, -0.05) is 13.8 Å². The molecule has 0 fully saturated rings. The van der Waals surface area contributed by atoms with E-state index < -0.39 is 0 Å². The van der Waals surface area contributed by atoms with Crippen LogP contribution in [0.4, 0.5) is 0 Å². The van der Waals surface area contributed by atoms with E-state index in [1.54, 1.807) is 0 Å². The molecule has 0 radical (unpaired) electrons. The van der Waals surface area contributed by atoms with E-state index in [0.29, 0.717) is 6.04 Å². The summed E-state index contributed by atoms with van der Waals surface area (Å²) in [5.74, 6) is 0. The number of aromatic nitrogens is 2. The van der Waals surface area contributed by atoms with Gasteiger partial charge in [-0.25, -0.2) is 0 Å². The number of nitrogens with zero attached hydrogens (tertiary/aromatic N) is 3. The van der Waals surface area contributed by atoms with Crippen LogP contribution in [0.5, 0.6) is 0 Å². The van der Waals surface area contributed by atoms with Crippen molar-refractivity contribution in [3.05, 3.63) is 17.5 Å². The Labute approximate surface area is 105 Å². The third kappa shape index (κ3) is 4.88. The SMILES string of the molecule is CCn1nc(C)cc1CN(C)CCNC(C)C. The quantitative estimate of drug-likeness (QED) is 0.784. The van der Waals surface area contributed by atoms with Crippen molar-refractivity contribution >= 4 is 0 Å². The topological polar surface area (TPSA) is 33.1 Å². The zero-order valence-electron chi connectivity index (χ0n) is 11.8. The molecule has 0 saturated heterocycles. The van der Waals surface area contributed by atoms with E-state index in [1.807, 2.05) is 0 Å². The maximum absolute atomic E-state index is 4.47. The highest BCUT2D eigenvalue weighted by Crippen LogP contribution is 2.06. The average molecular weight is 238 g/mol. The second-order valence-corrected chi connectivity index (χ2v) is 4.94. The Kier molecular flexibility index (Phi) is 5.65. The lowest BCUT2D eigenvalue weighted by atomic mass is 10.3. The molecule has 1 heterocycles. The van der Waals surface area contributed by atoms with Crippen molar-refractivity contribution in [2.45, 2.75) is 46.8 Å². The molecular formula is C13H26N4. The van der Waals surface area contributed by atoms with Crippen LogP contribution < -0.4 is 5.32 Å². The van der Waals surface area contributed by atoms with Gasteiger partial charge in [-0.15, -0.1) is 0 Å². The summed E-state index contributed by atoms with van der Waals surface area (Å²) in [7, 11) is 2.16. The molecule has 0 unspecified atom stereocenters. The normalized spacial score (nSPS) is 11.7. The van der Waals surface area contributed by atoms with Crippen LogP contribution in [0, 0.1) is 6.92 Å². The Morgan fingerprint density at radius 2 is 2.18 bits per heavy atom. The van der Waals surface area contributed by atoms with E-state index in [0.717, 1.165) is 31.9 Å². The van der Waals surface area contributed by atoms with Crippen LogP contribution in [-0.2, 0) is 13.1 Å². The Bertz CT molecular complexity index is 330. The van der Waals surface area contributed by atoms with E-state index in [2.05, 4.69) is 60.8 Å². The zero-order valence-corrected chi connectivity index (χ0v) is 11.8. The van der Waals surface area contributed by atoms with Crippen molar-refractivity contribution < 1.29 is 0 Å².